The minimum absolute atomic E-state index is 0.109. The van der Waals surface area contributed by atoms with Gasteiger partial charge in [0.15, 0.2) is 5.82 Å². The van der Waals surface area contributed by atoms with Crippen LogP contribution in [0.3, 0.4) is 0 Å². The number of aryl methyl sites for hydroxylation is 1. The van der Waals surface area contributed by atoms with Gasteiger partial charge in [-0.15, -0.1) is 6.58 Å². The van der Waals surface area contributed by atoms with Crippen LogP contribution in [0.25, 0.3) is 0 Å². The van der Waals surface area contributed by atoms with Crippen LogP contribution in [-0.4, -0.2) is 16.6 Å². The van der Waals surface area contributed by atoms with Crippen molar-refractivity contribution in [2.24, 2.45) is 0 Å². The smallest absolute Gasteiger partial charge is 0.293 e. The summed E-state index contributed by atoms with van der Waals surface area (Å²) in [4.78, 5) is 15.6. The molecule has 1 heterocycles. The van der Waals surface area contributed by atoms with Crippen LogP contribution in [0.1, 0.15) is 5.69 Å². The van der Waals surface area contributed by atoms with Crippen LogP contribution in [0.15, 0.2) is 23.6 Å². The highest BCUT2D eigenvalue weighted by molar-refractivity contribution is 5.30. The first-order chi connectivity index (χ1) is 6.20. The average molecular weight is 179 g/mol. The minimum Gasteiger partial charge on any atom is -0.369 e. The van der Waals surface area contributed by atoms with E-state index in [0.717, 1.165) is 5.69 Å². The molecule has 1 aromatic rings. The third kappa shape index (κ3) is 1.77. The number of allylic oxidation sites excluding steroid dienone is 1. The van der Waals surface area contributed by atoms with Crippen molar-refractivity contribution in [3.8, 4) is 0 Å². The Labute approximate surface area is 76.9 Å². The summed E-state index contributed by atoms with van der Waals surface area (Å²) in [6.07, 6.45) is 3.35. The number of nitrogens with zero attached hydrogens (tertiary/aromatic N) is 2. The first-order valence-electron chi connectivity index (χ1n) is 4.05. The van der Waals surface area contributed by atoms with E-state index in [1.807, 2.05) is 6.92 Å². The highest BCUT2D eigenvalue weighted by Gasteiger charge is 2.03. The maximum Gasteiger partial charge on any atom is 0.293 e. The molecule has 0 spiro atoms. The number of aromatic nitrogens is 2. The zero-order valence-corrected chi connectivity index (χ0v) is 7.87. The van der Waals surface area contributed by atoms with Crippen LogP contribution in [0.4, 0.5) is 5.82 Å². The van der Waals surface area contributed by atoms with E-state index in [0.29, 0.717) is 12.4 Å². The monoisotopic (exact) mass is 179 g/mol. The first-order valence-corrected chi connectivity index (χ1v) is 4.05. The molecule has 4 heteroatoms. The van der Waals surface area contributed by atoms with Crippen LogP contribution >= 0.6 is 0 Å². The van der Waals surface area contributed by atoms with Crippen molar-refractivity contribution in [3.05, 3.63) is 34.9 Å². The Hall–Kier alpha value is -1.58. The predicted molar refractivity (Wildman–Crippen MR) is 53.0 cm³/mol. The van der Waals surface area contributed by atoms with Gasteiger partial charge in [-0.1, -0.05) is 6.08 Å². The van der Waals surface area contributed by atoms with Crippen molar-refractivity contribution in [1.29, 1.82) is 0 Å². The normalized spacial score (nSPS) is 9.69. The standard InChI is InChI=1S/C9H13N3O/c1-4-5-12-7(2)6-11-8(10-3)9(12)13/h4,6H,1,5H2,2-3H3,(H,10,11). The van der Waals surface area contributed by atoms with Crippen LogP contribution < -0.4 is 10.9 Å². The van der Waals surface area contributed by atoms with Crippen LogP contribution in [0.5, 0.6) is 0 Å². The summed E-state index contributed by atoms with van der Waals surface area (Å²) < 4.78 is 1.62. The second-order valence-electron chi connectivity index (χ2n) is 2.70. The summed E-state index contributed by atoms with van der Waals surface area (Å²) >= 11 is 0. The molecule has 4 nitrogen and oxygen atoms in total. The van der Waals surface area contributed by atoms with Gasteiger partial charge in [0.05, 0.1) is 0 Å². The number of nitrogens with one attached hydrogen (secondary N) is 1. The van der Waals surface area contributed by atoms with Crippen molar-refractivity contribution in [3.63, 3.8) is 0 Å². The molecule has 0 radical (unpaired) electrons. The molecule has 13 heavy (non-hydrogen) atoms. The Balaban J connectivity index is 3.29. The third-order valence-electron chi connectivity index (χ3n) is 1.80. The minimum atomic E-state index is -0.109. The van der Waals surface area contributed by atoms with E-state index in [2.05, 4.69) is 16.9 Å². The Morgan fingerprint density at radius 3 is 3.00 bits per heavy atom. The van der Waals surface area contributed by atoms with Gasteiger partial charge in [-0.25, -0.2) is 4.98 Å². The van der Waals surface area contributed by atoms with Crippen molar-refractivity contribution in [1.82, 2.24) is 9.55 Å². The zero-order valence-electron chi connectivity index (χ0n) is 7.87. The Morgan fingerprint density at radius 1 is 1.77 bits per heavy atom. The molecule has 0 unspecified atom stereocenters. The van der Waals surface area contributed by atoms with E-state index in [1.54, 1.807) is 23.9 Å². The van der Waals surface area contributed by atoms with E-state index in [4.69, 9.17) is 0 Å². The van der Waals surface area contributed by atoms with Gasteiger partial charge in [0.2, 0.25) is 0 Å². The fourth-order valence-electron chi connectivity index (χ4n) is 1.10. The van der Waals surface area contributed by atoms with Crippen molar-refractivity contribution >= 4 is 5.82 Å². The second kappa shape index (κ2) is 3.89. The molecule has 0 aliphatic carbocycles. The number of rotatable bonds is 3. The molecule has 70 valence electrons. The molecule has 0 aromatic carbocycles. The first kappa shape index (κ1) is 9.51. The van der Waals surface area contributed by atoms with Crippen molar-refractivity contribution in [2.45, 2.75) is 13.5 Å². The molecule has 0 bridgehead atoms. The van der Waals surface area contributed by atoms with Gasteiger partial charge in [-0.3, -0.25) is 4.79 Å². The van der Waals surface area contributed by atoms with Crippen molar-refractivity contribution in [2.75, 3.05) is 12.4 Å². The van der Waals surface area contributed by atoms with E-state index in [-0.39, 0.29) is 5.56 Å². The van der Waals surface area contributed by atoms with Gasteiger partial charge in [0, 0.05) is 25.5 Å². The molecule has 0 amide bonds. The molecule has 0 saturated heterocycles. The highest BCUT2D eigenvalue weighted by atomic mass is 16.1. The maximum absolute atomic E-state index is 11.6. The Bertz CT molecular complexity index is 368. The lowest BCUT2D eigenvalue weighted by Crippen LogP contribution is -2.25. The van der Waals surface area contributed by atoms with Gasteiger partial charge in [-0.2, -0.15) is 0 Å². The molecule has 0 saturated carbocycles. The molecule has 0 fully saturated rings. The van der Waals surface area contributed by atoms with Gasteiger partial charge < -0.3 is 9.88 Å². The molecular weight excluding hydrogens is 166 g/mol. The van der Waals surface area contributed by atoms with Crippen LogP contribution in [0, 0.1) is 6.92 Å². The predicted octanol–water partition coefficient (Wildman–Crippen LogP) is 0.779. The van der Waals surface area contributed by atoms with Gasteiger partial charge in [0.1, 0.15) is 0 Å². The molecule has 1 N–H and O–H groups in total. The lowest BCUT2D eigenvalue weighted by Gasteiger charge is -2.07. The van der Waals surface area contributed by atoms with E-state index in [1.165, 1.54) is 0 Å². The summed E-state index contributed by atoms with van der Waals surface area (Å²) in [6.45, 7) is 5.95. The molecule has 0 atom stereocenters. The summed E-state index contributed by atoms with van der Waals surface area (Å²) in [7, 11) is 1.68. The molecule has 0 aliphatic rings. The molecule has 0 aliphatic heterocycles. The fraction of sp³-hybridized carbons (Fsp3) is 0.333. The quantitative estimate of drug-likeness (QED) is 0.697. The topological polar surface area (TPSA) is 46.9 Å². The van der Waals surface area contributed by atoms with Gasteiger partial charge in [-0.05, 0) is 6.92 Å². The van der Waals surface area contributed by atoms with E-state index >= 15 is 0 Å². The average Bonchev–Trinajstić information content (AvgIpc) is 2.12. The summed E-state index contributed by atoms with van der Waals surface area (Å²) in [5, 5.41) is 2.74. The van der Waals surface area contributed by atoms with Gasteiger partial charge >= 0.3 is 0 Å². The summed E-state index contributed by atoms with van der Waals surface area (Å²) in [5.74, 6) is 0.368. The lowest BCUT2D eigenvalue weighted by atomic mass is 10.4. The van der Waals surface area contributed by atoms with Crippen LogP contribution in [0.2, 0.25) is 0 Å². The van der Waals surface area contributed by atoms with Gasteiger partial charge in [0.25, 0.3) is 5.56 Å². The molecular formula is C9H13N3O. The fourth-order valence-corrected chi connectivity index (χ4v) is 1.10. The second-order valence-corrected chi connectivity index (χ2v) is 2.70. The molecule has 1 aromatic heterocycles. The Morgan fingerprint density at radius 2 is 2.46 bits per heavy atom. The van der Waals surface area contributed by atoms with E-state index < -0.39 is 0 Å². The number of anilines is 1. The van der Waals surface area contributed by atoms with Crippen LogP contribution in [-0.2, 0) is 6.54 Å². The Kier molecular flexibility index (Phi) is 2.84. The zero-order chi connectivity index (χ0) is 9.84. The van der Waals surface area contributed by atoms with E-state index in [9.17, 15) is 4.79 Å². The molecule has 1 rings (SSSR count). The third-order valence-corrected chi connectivity index (χ3v) is 1.80. The SMILES string of the molecule is C=CCn1c(C)cnc(NC)c1=O. The largest absolute Gasteiger partial charge is 0.369 e. The highest BCUT2D eigenvalue weighted by Crippen LogP contribution is 1.97. The number of hydrogen-bond acceptors (Lipinski definition) is 3. The van der Waals surface area contributed by atoms with Crippen molar-refractivity contribution < 1.29 is 0 Å². The number of hydrogen-bond donors (Lipinski definition) is 1. The maximum atomic E-state index is 11.6. The lowest BCUT2D eigenvalue weighted by molar-refractivity contribution is 0.737. The summed E-state index contributed by atoms with van der Waals surface area (Å²) in [5.41, 5.74) is 0.728. The summed E-state index contributed by atoms with van der Waals surface area (Å²) in [6, 6.07) is 0.